The molecule has 25 heavy (non-hydrogen) atoms. The molecule has 0 unspecified atom stereocenters. The van der Waals surface area contributed by atoms with E-state index in [1.54, 1.807) is 20.8 Å². The van der Waals surface area contributed by atoms with Crippen LogP contribution in [0.25, 0.3) is 0 Å². The van der Waals surface area contributed by atoms with Gasteiger partial charge in [0.2, 0.25) is 0 Å². The second-order valence-electron chi connectivity index (χ2n) is 5.84. The molecule has 1 fully saturated rings. The summed E-state index contributed by atoms with van der Waals surface area (Å²) < 4.78 is 14.0. The average Bonchev–Trinajstić information content (AvgIpc) is 2.57. The molecule has 0 atom stereocenters. The van der Waals surface area contributed by atoms with E-state index in [0.29, 0.717) is 0 Å². The van der Waals surface area contributed by atoms with Crippen LogP contribution in [-0.4, -0.2) is 48.4 Å². The third kappa shape index (κ3) is 10.8. The van der Waals surface area contributed by atoms with Gasteiger partial charge in [0, 0.05) is 0 Å². The highest BCUT2D eigenvalue weighted by atomic mass is 16.6. The third-order valence-corrected chi connectivity index (χ3v) is 3.64. The van der Waals surface area contributed by atoms with Crippen molar-refractivity contribution in [3.05, 3.63) is 0 Å². The van der Waals surface area contributed by atoms with Crippen molar-refractivity contribution in [2.45, 2.75) is 77.7 Å². The van der Waals surface area contributed by atoms with Gasteiger partial charge in [0.15, 0.2) is 5.60 Å². The summed E-state index contributed by atoms with van der Waals surface area (Å²) in [7, 11) is 0. The molecule has 0 heterocycles. The van der Waals surface area contributed by atoms with E-state index in [1.165, 1.54) is 38.5 Å². The van der Waals surface area contributed by atoms with Gasteiger partial charge < -0.3 is 19.3 Å². The lowest BCUT2D eigenvalue weighted by Gasteiger charge is -2.23. The molecule has 0 aliphatic heterocycles. The van der Waals surface area contributed by atoms with Crippen LogP contribution in [0.5, 0.6) is 0 Å². The average molecular weight is 360 g/mol. The fourth-order valence-electron chi connectivity index (χ4n) is 2.43. The fraction of sp³-hybridized carbons (Fsp3) is 0.833. The van der Waals surface area contributed by atoms with E-state index in [4.69, 9.17) is 0 Å². The van der Waals surface area contributed by atoms with Gasteiger partial charge in [-0.1, -0.05) is 38.5 Å². The normalized spacial score (nSPS) is 13.9. The van der Waals surface area contributed by atoms with Gasteiger partial charge in [0.25, 0.3) is 0 Å². The minimum absolute atomic E-state index is 0.0206. The van der Waals surface area contributed by atoms with Gasteiger partial charge in [-0.2, -0.15) is 0 Å². The zero-order valence-corrected chi connectivity index (χ0v) is 15.7. The van der Waals surface area contributed by atoms with Crippen molar-refractivity contribution in [3.63, 3.8) is 0 Å². The van der Waals surface area contributed by atoms with E-state index < -0.39 is 36.4 Å². The number of carbonyl (C=O) groups excluding carboxylic acids is 3. The predicted molar refractivity (Wildman–Crippen MR) is 91.8 cm³/mol. The molecular formula is C18H32O7. The first kappa shape index (κ1) is 23.4. The Hall–Kier alpha value is -1.63. The van der Waals surface area contributed by atoms with Gasteiger partial charge in [-0.15, -0.1) is 0 Å². The monoisotopic (exact) mass is 360 g/mol. The summed E-state index contributed by atoms with van der Waals surface area (Å²) in [6, 6.07) is 0. The van der Waals surface area contributed by atoms with E-state index in [0.717, 1.165) is 0 Å². The number of hydrogen-bond donors (Lipinski definition) is 1. The highest BCUT2D eigenvalue weighted by molar-refractivity contribution is 5.90. The number of esters is 3. The minimum Gasteiger partial charge on any atom is -0.466 e. The molecule has 1 aliphatic rings. The first-order chi connectivity index (χ1) is 11.9. The van der Waals surface area contributed by atoms with Crippen molar-refractivity contribution in [2.24, 2.45) is 0 Å². The number of rotatable bonds is 8. The number of hydrogen-bond acceptors (Lipinski definition) is 7. The summed E-state index contributed by atoms with van der Waals surface area (Å²) >= 11 is 0. The van der Waals surface area contributed by atoms with Gasteiger partial charge in [0.05, 0.1) is 32.7 Å². The molecule has 0 aromatic carbocycles. The van der Waals surface area contributed by atoms with Crippen molar-refractivity contribution in [3.8, 4) is 0 Å². The van der Waals surface area contributed by atoms with E-state index in [-0.39, 0.29) is 19.8 Å². The molecule has 146 valence electrons. The smallest absolute Gasteiger partial charge is 0.339 e. The number of ether oxygens (including phenoxy) is 3. The summed E-state index contributed by atoms with van der Waals surface area (Å²) in [5, 5.41) is 10.1. The van der Waals surface area contributed by atoms with E-state index in [9.17, 15) is 19.5 Å². The maximum atomic E-state index is 11.7. The van der Waals surface area contributed by atoms with Crippen LogP contribution in [0.4, 0.5) is 0 Å². The van der Waals surface area contributed by atoms with Gasteiger partial charge >= 0.3 is 17.9 Å². The Labute approximate surface area is 150 Å². The molecule has 0 aromatic heterocycles. The Bertz CT molecular complexity index is 371. The molecule has 0 radical (unpaired) electrons. The Morgan fingerprint density at radius 1 is 0.720 bits per heavy atom. The van der Waals surface area contributed by atoms with Crippen LogP contribution in [0, 0.1) is 0 Å². The molecule has 0 bridgehead atoms. The van der Waals surface area contributed by atoms with Crippen molar-refractivity contribution in [2.75, 3.05) is 19.8 Å². The Kier molecular flexibility index (Phi) is 12.7. The van der Waals surface area contributed by atoms with Crippen LogP contribution >= 0.6 is 0 Å². The van der Waals surface area contributed by atoms with Crippen LogP contribution in [-0.2, 0) is 28.6 Å². The van der Waals surface area contributed by atoms with Crippen LogP contribution < -0.4 is 0 Å². The van der Waals surface area contributed by atoms with Crippen molar-refractivity contribution < 1.29 is 33.7 Å². The van der Waals surface area contributed by atoms with E-state index >= 15 is 0 Å². The van der Waals surface area contributed by atoms with Crippen LogP contribution in [0.15, 0.2) is 0 Å². The van der Waals surface area contributed by atoms with Crippen molar-refractivity contribution in [1.29, 1.82) is 0 Å². The Morgan fingerprint density at radius 2 is 1.04 bits per heavy atom. The molecule has 0 spiro atoms. The molecular weight excluding hydrogens is 328 g/mol. The molecule has 0 amide bonds. The number of aliphatic hydroxyl groups is 1. The van der Waals surface area contributed by atoms with Gasteiger partial charge in [-0.3, -0.25) is 9.59 Å². The number of carbonyl (C=O) groups is 3. The zero-order valence-electron chi connectivity index (χ0n) is 15.7. The summed E-state index contributed by atoms with van der Waals surface area (Å²) in [6.45, 7) is 4.97. The first-order valence-corrected chi connectivity index (χ1v) is 9.10. The molecule has 0 saturated heterocycles. The lowest BCUT2D eigenvalue weighted by atomic mass is 9.95. The van der Waals surface area contributed by atoms with E-state index in [2.05, 4.69) is 14.2 Å². The topological polar surface area (TPSA) is 99.1 Å². The molecule has 7 heteroatoms. The maximum Gasteiger partial charge on any atom is 0.339 e. The SMILES string of the molecule is C1CCCCC1.CCOC(=O)CC(O)(CC(=O)OCC)C(=O)OCC. The molecule has 7 nitrogen and oxygen atoms in total. The standard InChI is InChI=1S/C12H20O7.C6H12/c1-4-17-9(13)7-12(16,11(15)19-6-3)8-10(14)18-5-2;1-2-4-6-5-3-1/h16H,4-8H2,1-3H3;1-6H2. The minimum atomic E-state index is -2.26. The second-order valence-corrected chi connectivity index (χ2v) is 5.84. The highest BCUT2D eigenvalue weighted by Crippen LogP contribution is 2.19. The fourth-order valence-corrected chi connectivity index (χ4v) is 2.43. The van der Waals surface area contributed by atoms with Crippen LogP contribution in [0.3, 0.4) is 0 Å². The Morgan fingerprint density at radius 3 is 1.32 bits per heavy atom. The predicted octanol–water partition coefficient (Wildman–Crippen LogP) is 2.53. The molecule has 1 rings (SSSR count). The van der Waals surface area contributed by atoms with Crippen molar-refractivity contribution >= 4 is 17.9 Å². The maximum absolute atomic E-state index is 11.7. The molecule has 1 N–H and O–H groups in total. The molecule has 1 aliphatic carbocycles. The van der Waals surface area contributed by atoms with Crippen LogP contribution in [0.2, 0.25) is 0 Å². The lowest BCUT2D eigenvalue weighted by Crippen LogP contribution is -2.44. The Balaban J connectivity index is 0.000000796. The molecule has 1 saturated carbocycles. The zero-order chi connectivity index (χ0) is 19.1. The lowest BCUT2D eigenvalue weighted by molar-refractivity contribution is -0.177. The summed E-state index contributed by atoms with van der Waals surface area (Å²) in [6.07, 6.45) is 7.69. The van der Waals surface area contributed by atoms with Gasteiger partial charge in [-0.05, 0) is 20.8 Å². The van der Waals surface area contributed by atoms with Crippen LogP contribution in [0.1, 0.15) is 72.1 Å². The quantitative estimate of drug-likeness (QED) is 0.524. The van der Waals surface area contributed by atoms with Gasteiger partial charge in [-0.25, -0.2) is 4.79 Å². The second kappa shape index (κ2) is 13.6. The first-order valence-electron chi connectivity index (χ1n) is 9.10. The van der Waals surface area contributed by atoms with Crippen molar-refractivity contribution in [1.82, 2.24) is 0 Å². The summed E-state index contributed by atoms with van der Waals surface area (Å²) in [5.41, 5.74) is -2.26. The van der Waals surface area contributed by atoms with E-state index in [1.807, 2.05) is 0 Å². The largest absolute Gasteiger partial charge is 0.466 e. The summed E-state index contributed by atoms with van der Waals surface area (Å²) in [4.78, 5) is 34.4. The summed E-state index contributed by atoms with van der Waals surface area (Å²) in [5.74, 6) is -2.62. The molecule has 0 aromatic rings. The third-order valence-electron chi connectivity index (χ3n) is 3.64. The van der Waals surface area contributed by atoms with Gasteiger partial charge in [0.1, 0.15) is 0 Å². The highest BCUT2D eigenvalue weighted by Gasteiger charge is 2.43.